The van der Waals surface area contributed by atoms with Gasteiger partial charge in [0.2, 0.25) is 0 Å². The molecule has 0 saturated carbocycles. The first-order valence-electron chi connectivity index (χ1n) is 3.61. The summed E-state index contributed by atoms with van der Waals surface area (Å²) in [6.07, 6.45) is 1.65. The average molecular weight is 161 g/mol. The molecule has 1 rings (SSSR count). The Morgan fingerprint density at radius 1 is 1.42 bits per heavy atom. The van der Waals surface area contributed by atoms with Crippen LogP contribution in [0.4, 0.5) is 5.69 Å². The maximum absolute atomic E-state index is 5.01. The number of rotatable bonds is 3. The van der Waals surface area contributed by atoms with Crippen LogP contribution in [0.25, 0.3) is 0 Å². The van der Waals surface area contributed by atoms with Crippen LogP contribution < -0.4 is 10.1 Å². The van der Waals surface area contributed by atoms with Gasteiger partial charge in [-0.25, -0.2) is 0 Å². The van der Waals surface area contributed by atoms with Crippen LogP contribution in [0.1, 0.15) is 0 Å². The lowest BCUT2D eigenvalue weighted by atomic mass is 10.3. The molecule has 0 bridgehead atoms. The van der Waals surface area contributed by atoms with E-state index in [0.717, 1.165) is 11.4 Å². The monoisotopic (exact) mass is 161 g/mol. The van der Waals surface area contributed by atoms with E-state index in [1.807, 2.05) is 24.3 Å². The van der Waals surface area contributed by atoms with Crippen LogP contribution >= 0.6 is 0 Å². The Hall–Kier alpha value is -1.66. The van der Waals surface area contributed by atoms with Crippen molar-refractivity contribution in [2.45, 2.75) is 0 Å². The third-order valence-electron chi connectivity index (χ3n) is 1.43. The summed E-state index contributed by atoms with van der Waals surface area (Å²) in [7, 11) is 1.64. The number of hydrogen-bond donors (Lipinski definition) is 1. The minimum absolute atomic E-state index is 0.850. The van der Waals surface area contributed by atoms with Crippen LogP contribution in [0.5, 0.6) is 5.75 Å². The van der Waals surface area contributed by atoms with Gasteiger partial charge in [-0.2, -0.15) is 0 Å². The Morgan fingerprint density at radius 3 is 2.58 bits per heavy atom. The quantitative estimate of drug-likeness (QED) is 0.687. The van der Waals surface area contributed by atoms with E-state index < -0.39 is 0 Å². The highest BCUT2D eigenvalue weighted by atomic mass is 16.5. The standard InChI is InChI=1S/C10H11NO/c1-3-8-11-9-4-6-10(12-2)7-5-9/h4-8,11H,1H2,2H3. The molecule has 1 aromatic carbocycles. The minimum Gasteiger partial charge on any atom is -0.497 e. The zero-order chi connectivity index (χ0) is 8.81. The molecule has 0 spiro atoms. The highest BCUT2D eigenvalue weighted by Gasteiger charge is 1.89. The van der Waals surface area contributed by atoms with E-state index in [1.165, 1.54) is 0 Å². The first-order valence-corrected chi connectivity index (χ1v) is 3.61. The van der Waals surface area contributed by atoms with Gasteiger partial charge in [0, 0.05) is 11.9 Å². The van der Waals surface area contributed by atoms with Crippen LogP contribution in [0, 0.1) is 0 Å². The topological polar surface area (TPSA) is 21.3 Å². The Labute approximate surface area is 72.2 Å². The molecule has 0 aliphatic heterocycles. The van der Waals surface area contributed by atoms with Crippen molar-refractivity contribution in [3.8, 4) is 5.75 Å². The number of nitrogens with one attached hydrogen (secondary N) is 1. The first-order chi connectivity index (χ1) is 5.86. The highest BCUT2D eigenvalue weighted by molar-refractivity contribution is 5.48. The minimum atomic E-state index is 0.850. The number of methoxy groups -OCH3 is 1. The number of benzene rings is 1. The molecule has 0 aliphatic rings. The summed E-state index contributed by atoms with van der Waals surface area (Å²) in [6, 6.07) is 7.62. The fourth-order valence-corrected chi connectivity index (χ4v) is 0.822. The van der Waals surface area contributed by atoms with E-state index in [9.17, 15) is 0 Å². The van der Waals surface area contributed by atoms with Crippen LogP contribution in [0.15, 0.2) is 42.8 Å². The Kier molecular flexibility index (Phi) is 3.00. The van der Waals surface area contributed by atoms with Gasteiger partial charge < -0.3 is 10.1 Å². The first kappa shape index (κ1) is 8.44. The van der Waals surface area contributed by atoms with Gasteiger partial charge >= 0.3 is 0 Å². The molecule has 0 radical (unpaired) electrons. The number of anilines is 1. The number of hydrogen-bond acceptors (Lipinski definition) is 2. The Bertz CT molecular complexity index is 283. The molecule has 0 saturated heterocycles. The third-order valence-corrected chi connectivity index (χ3v) is 1.43. The summed E-state index contributed by atoms with van der Waals surface area (Å²) >= 11 is 0. The van der Waals surface area contributed by atoms with Crippen molar-refractivity contribution < 1.29 is 4.74 Å². The zero-order valence-electron chi connectivity index (χ0n) is 7.00. The molecule has 0 aromatic heterocycles. The van der Waals surface area contributed by atoms with Crippen molar-refractivity contribution in [2.24, 2.45) is 0 Å². The zero-order valence-corrected chi connectivity index (χ0v) is 7.00. The smallest absolute Gasteiger partial charge is 0.119 e. The molecular weight excluding hydrogens is 150 g/mol. The summed E-state index contributed by atoms with van der Waals surface area (Å²) < 4.78 is 5.01. The molecule has 0 amide bonds. The average Bonchev–Trinajstić information content (AvgIpc) is 2.15. The fourth-order valence-electron chi connectivity index (χ4n) is 0.822. The molecule has 1 N–H and O–H groups in total. The summed E-state index contributed by atoms with van der Waals surface area (Å²) in [6.45, 7) is 3.44. The van der Waals surface area contributed by atoms with Gasteiger partial charge in [-0.05, 0) is 24.3 Å². The fraction of sp³-hybridized carbons (Fsp3) is 0.100. The molecule has 0 aliphatic carbocycles. The van der Waals surface area contributed by atoms with Gasteiger partial charge in [0.25, 0.3) is 0 Å². The lowest BCUT2D eigenvalue weighted by Gasteiger charge is -2.01. The molecular formula is C10H11NO. The second-order valence-electron chi connectivity index (χ2n) is 2.22. The lowest BCUT2D eigenvalue weighted by Crippen LogP contribution is -1.86. The van der Waals surface area contributed by atoms with Crippen molar-refractivity contribution in [3.63, 3.8) is 0 Å². The van der Waals surface area contributed by atoms with Crippen molar-refractivity contribution >= 4 is 5.69 Å². The van der Waals surface area contributed by atoms with Crippen molar-refractivity contribution in [3.05, 3.63) is 42.8 Å². The molecule has 0 atom stereocenters. The highest BCUT2D eigenvalue weighted by Crippen LogP contribution is 2.14. The number of ether oxygens (including phenoxy) is 1. The van der Waals surface area contributed by atoms with Crippen molar-refractivity contribution in [1.82, 2.24) is 0 Å². The van der Waals surface area contributed by atoms with Gasteiger partial charge in [0.1, 0.15) is 5.75 Å². The maximum Gasteiger partial charge on any atom is 0.119 e. The third kappa shape index (κ3) is 2.19. The molecule has 2 nitrogen and oxygen atoms in total. The van der Waals surface area contributed by atoms with Gasteiger partial charge in [-0.1, -0.05) is 6.58 Å². The van der Waals surface area contributed by atoms with E-state index >= 15 is 0 Å². The van der Waals surface area contributed by atoms with E-state index in [4.69, 9.17) is 4.74 Å². The molecule has 62 valence electrons. The summed E-state index contributed by atoms with van der Waals surface area (Å²) in [5.41, 5.74) is 3.62. The normalized spacial score (nSPS) is 8.42. The largest absolute Gasteiger partial charge is 0.497 e. The van der Waals surface area contributed by atoms with Gasteiger partial charge in [-0.3, -0.25) is 0 Å². The Morgan fingerprint density at radius 2 is 2.08 bits per heavy atom. The van der Waals surface area contributed by atoms with Gasteiger partial charge in [0.15, 0.2) is 0 Å². The SMILES string of the molecule is C=C=CNc1ccc(OC)cc1. The van der Waals surface area contributed by atoms with Gasteiger partial charge in [0.05, 0.1) is 7.11 Å². The molecule has 1 aromatic rings. The molecule has 0 heterocycles. The van der Waals surface area contributed by atoms with E-state index in [-0.39, 0.29) is 0 Å². The van der Waals surface area contributed by atoms with Crippen molar-refractivity contribution in [1.29, 1.82) is 0 Å². The van der Waals surface area contributed by atoms with Gasteiger partial charge in [-0.15, -0.1) is 5.73 Å². The maximum atomic E-state index is 5.01. The van der Waals surface area contributed by atoms with E-state index in [0.29, 0.717) is 0 Å². The summed E-state index contributed by atoms with van der Waals surface area (Å²) in [5, 5.41) is 2.99. The van der Waals surface area contributed by atoms with Crippen LogP contribution in [-0.2, 0) is 0 Å². The summed E-state index contributed by atoms with van der Waals surface area (Å²) in [4.78, 5) is 0. The molecule has 12 heavy (non-hydrogen) atoms. The summed E-state index contributed by atoms with van der Waals surface area (Å²) in [5.74, 6) is 0.850. The van der Waals surface area contributed by atoms with Crippen molar-refractivity contribution in [2.75, 3.05) is 12.4 Å². The molecule has 0 fully saturated rings. The van der Waals surface area contributed by atoms with Crippen LogP contribution in [-0.4, -0.2) is 7.11 Å². The molecule has 2 heteroatoms. The lowest BCUT2D eigenvalue weighted by molar-refractivity contribution is 0.415. The second-order valence-corrected chi connectivity index (χ2v) is 2.22. The van der Waals surface area contributed by atoms with Crippen LogP contribution in [0.3, 0.4) is 0 Å². The van der Waals surface area contributed by atoms with E-state index in [1.54, 1.807) is 13.3 Å². The van der Waals surface area contributed by atoms with Crippen LogP contribution in [0.2, 0.25) is 0 Å². The molecule has 0 unspecified atom stereocenters. The predicted molar refractivity (Wildman–Crippen MR) is 50.3 cm³/mol. The van der Waals surface area contributed by atoms with E-state index in [2.05, 4.69) is 17.6 Å². The second kappa shape index (κ2) is 4.27. The Balaban J connectivity index is 2.70. The predicted octanol–water partition coefficient (Wildman–Crippen LogP) is 2.41.